The number of ether oxygens (including phenoxy) is 1. The van der Waals surface area contributed by atoms with Crippen molar-refractivity contribution in [2.45, 2.75) is 50.6 Å². The number of carbonyl (C=O) groups is 1. The molecule has 6 aromatic rings. The Morgan fingerprint density at radius 3 is 2.73 bits per heavy atom. The molecule has 1 fully saturated rings. The number of thiophene rings is 1. The van der Waals surface area contributed by atoms with Crippen molar-refractivity contribution in [3.8, 4) is 26.8 Å². The molecule has 0 unspecified atom stereocenters. The monoisotopic (exact) mass is 690 g/mol. The molecular weight excluding hydrogens is 660 g/mol. The number of H-pyrrole nitrogens is 1. The lowest BCUT2D eigenvalue weighted by atomic mass is 9.93. The largest absolute Gasteiger partial charge is 0.496 e. The molecule has 2 N–H and O–H groups in total. The van der Waals surface area contributed by atoms with Crippen LogP contribution in [0.3, 0.4) is 0 Å². The van der Waals surface area contributed by atoms with Crippen molar-refractivity contribution in [1.82, 2.24) is 25.1 Å². The van der Waals surface area contributed by atoms with Gasteiger partial charge in [-0.3, -0.25) is 14.6 Å². The van der Waals surface area contributed by atoms with Gasteiger partial charge in [0.15, 0.2) is 5.01 Å². The van der Waals surface area contributed by atoms with Crippen LogP contribution in [0.1, 0.15) is 69.8 Å². The average Bonchev–Trinajstić information content (AvgIpc) is 3.95. The number of nitrogens with zero attached hydrogens (tertiary/aromatic N) is 4. The number of hydrogen-bond donors (Lipinski definition) is 2. The Bertz CT molecular complexity index is 2330. The van der Waals surface area contributed by atoms with E-state index in [9.17, 15) is 14.0 Å². The zero-order chi connectivity index (χ0) is 33.2. The van der Waals surface area contributed by atoms with Gasteiger partial charge in [0.25, 0.3) is 5.91 Å². The average molecular weight is 691 g/mol. The molecule has 1 aliphatic carbocycles. The molecule has 2 aromatic carbocycles. The van der Waals surface area contributed by atoms with Crippen LogP contribution in [-0.2, 0) is 19.3 Å². The summed E-state index contributed by atoms with van der Waals surface area (Å²) >= 11 is 2.60. The van der Waals surface area contributed by atoms with E-state index in [1.165, 1.54) is 23.3 Å². The highest BCUT2D eigenvalue weighted by atomic mass is 32.1. The number of benzene rings is 2. The zero-order valence-corrected chi connectivity index (χ0v) is 28.2. The lowest BCUT2D eigenvalue weighted by molar-refractivity contribution is 0.0776. The summed E-state index contributed by atoms with van der Waals surface area (Å²) < 4.78 is 20.3. The van der Waals surface area contributed by atoms with Gasteiger partial charge < -0.3 is 15.0 Å². The maximum absolute atomic E-state index is 14.2. The van der Waals surface area contributed by atoms with E-state index in [1.807, 2.05) is 29.3 Å². The Morgan fingerprint density at radius 2 is 1.92 bits per heavy atom. The van der Waals surface area contributed by atoms with Gasteiger partial charge >= 0.3 is 4.87 Å². The van der Waals surface area contributed by atoms with E-state index in [1.54, 1.807) is 30.6 Å². The molecule has 6 heterocycles. The molecule has 2 aliphatic heterocycles. The topological polar surface area (TPSA) is 113 Å². The van der Waals surface area contributed by atoms with Crippen LogP contribution in [0, 0.1) is 5.82 Å². The molecule has 1 saturated heterocycles. The third-order valence-electron chi connectivity index (χ3n) is 10.00. The number of nitrogens with one attached hydrogen (secondary N) is 2. The number of aromatic nitrogens is 4. The van der Waals surface area contributed by atoms with Crippen molar-refractivity contribution in [1.29, 1.82) is 0 Å². The van der Waals surface area contributed by atoms with Gasteiger partial charge in [-0.2, -0.15) is 5.10 Å². The second-order valence-corrected chi connectivity index (χ2v) is 14.7. The Kier molecular flexibility index (Phi) is 7.31. The molecule has 9 nitrogen and oxygen atoms in total. The second kappa shape index (κ2) is 11.9. The summed E-state index contributed by atoms with van der Waals surface area (Å²) in [4.78, 5) is 39.3. The number of aromatic amines is 1. The number of carbonyl (C=O) groups excluding carboxylic acids is 1. The molecule has 49 heavy (non-hydrogen) atoms. The van der Waals surface area contributed by atoms with Crippen LogP contribution in [0.2, 0.25) is 0 Å². The highest BCUT2D eigenvalue weighted by molar-refractivity contribution is 7.23. The van der Waals surface area contributed by atoms with E-state index in [0.29, 0.717) is 35.5 Å². The number of halogens is 1. The number of methoxy groups -OCH3 is 1. The number of anilines is 1. The van der Waals surface area contributed by atoms with Crippen LogP contribution >= 0.6 is 22.7 Å². The quantitative estimate of drug-likeness (QED) is 0.170. The molecule has 0 spiro atoms. The molecule has 246 valence electrons. The van der Waals surface area contributed by atoms with Crippen LogP contribution in [-0.4, -0.2) is 44.6 Å². The normalized spacial score (nSPS) is 17.8. The molecular formula is C37H31FN6O3S2. The van der Waals surface area contributed by atoms with Gasteiger partial charge in [-0.25, -0.2) is 14.5 Å². The maximum Gasteiger partial charge on any atom is 0.322 e. The SMILES string of the molecule is COc1cccc2c1CC[C@@H]2Nc1nccc2cc(-c3c4c(nc(CCc5ccc(F)cc5)c3-c3n[nH]c(=O)s3)[C@@H]3CCCN3C4=O)sc12. The minimum absolute atomic E-state index is 0.0281. The predicted molar refractivity (Wildman–Crippen MR) is 189 cm³/mol. The smallest absolute Gasteiger partial charge is 0.322 e. The number of pyridine rings is 2. The lowest BCUT2D eigenvalue weighted by Crippen LogP contribution is -2.22. The van der Waals surface area contributed by atoms with Gasteiger partial charge in [0.1, 0.15) is 17.4 Å². The second-order valence-electron chi connectivity index (χ2n) is 12.7. The van der Waals surface area contributed by atoms with Crippen LogP contribution in [0.4, 0.5) is 10.2 Å². The van der Waals surface area contributed by atoms with Crippen LogP contribution in [0.5, 0.6) is 5.75 Å². The number of hydrogen-bond acceptors (Lipinski definition) is 9. The number of rotatable bonds is 8. The first-order chi connectivity index (χ1) is 24.0. The Balaban J connectivity index is 1.20. The highest BCUT2D eigenvalue weighted by Crippen LogP contribution is 2.51. The molecule has 0 bridgehead atoms. The van der Waals surface area contributed by atoms with E-state index in [4.69, 9.17) is 14.7 Å². The minimum Gasteiger partial charge on any atom is -0.496 e. The fourth-order valence-corrected chi connectivity index (χ4v) is 9.62. The van der Waals surface area contributed by atoms with E-state index < -0.39 is 0 Å². The van der Waals surface area contributed by atoms with Gasteiger partial charge in [-0.05, 0) is 90.9 Å². The highest BCUT2D eigenvalue weighted by Gasteiger charge is 2.44. The third kappa shape index (κ3) is 5.04. The Labute approximate surface area is 288 Å². The molecule has 0 saturated carbocycles. The summed E-state index contributed by atoms with van der Waals surface area (Å²) in [5, 5.41) is 12.2. The third-order valence-corrected chi connectivity index (χ3v) is 11.9. The van der Waals surface area contributed by atoms with Gasteiger partial charge in [0, 0.05) is 28.7 Å². The number of amides is 1. The van der Waals surface area contributed by atoms with Gasteiger partial charge in [-0.15, -0.1) is 11.3 Å². The Morgan fingerprint density at radius 1 is 1.04 bits per heavy atom. The molecule has 0 radical (unpaired) electrons. The molecule has 12 heteroatoms. The fourth-order valence-electron chi connectivity index (χ4n) is 7.78. The molecule has 9 rings (SSSR count). The van der Waals surface area contributed by atoms with Gasteiger partial charge in [-0.1, -0.05) is 35.6 Å². The first-order valence-corrected chi connectivity index (χ1v) is 18.1. The van der Waals surface area contributed by atoms with Crippen molar-refractivity contribution in [2.24, 2.45) is 0 Å². The fraction of sp³-hybridized carbons (Fsp3) is 0.270. The predicted octanol–water partition coefficient (Wildman–Crippen LogP) is 7.49. The van der Waals surface area contributed by atoms with Crippen molar-refractivity contribution >= 4 is 44.5 Å². The van der Waals surface area contributed by atoms with Crippen molar-refractivity contribution in [3.05, 3.63) is 110 Å². The minimum atomic E-state index is -0.284. The van der Waals surface area contributed by atoms with Crippen LogP contribution in [0.15, 0.2) is 65.6 Å². The Hall–Kier alpha value is -4.94. The summed E-state index contributed by atoms with van der Waals surface area (Å²) in [6.45, 7) is 0.688. The standard InChI is InChI=1S/C37H31FN6O3S2/c1-47-27-6-2-4-22-23(27)12-14-24(22)41-34-33-20(15-16-39-34)18-28(48-33)30-29(35-42-43-37(46)49-35)25(13-9-19-7-10-21(38)11-8-19)40-32-26-5-3-17-44(26)36(45)31(30)32/h2,4,6-8,10-11,15-16,18,24,26H,3,5,9,12-14,17H2,1H3,(H,39,41)(H,43,46)/t24-,26-/m0/s1. The summed E-state index contributed by atoms with van der Waals surface area (Å²) in [6.07, 6.45) is 6.58. The summed E-state index contributed by atoms with van der Waals surface area (Å²) in [7, 11) is 1.71. The summed E-state index contributed by atoms with van der Waals surface area (Å²) in [5.41, 5.74) is 7.04. The first kappa shape index (κ1) is 30.1. The maximum atomic E-state index is 14.2. The van der Waals surface area contributed by atoms with Gasteiger partial charge in [0.05, 0.1) is 40.8 Å². The summed E-state index contributed by atoms with van der Waals surface area (Å²) in [6, 6.07) is 16.8. The zero-order valence-electron chi connectivity index (χ0n) is 26.6. The van der Waals surface area contributed by atoms with Crippen LogP contribution in [0.25, 0.3) is 31.1 Å². The van der Waals surface area contributed by atoms with E-state index in [2.05, 4.69) is 27.6 Å². The van der Waals surface area contributed by atoms with E-state index in [-0.39, 0.29) is 28.7 Å². The first-order valence-electron chi connectivity index (χ1n) is 16.5. The van der Waals surface area contributed by atoms with Crippen molar-refractivity contribution in [3.63, 3.8) is 0 Å². The van der Waals surface area contributed by atoms with Crippen molar-refractivity contribution < 1.29 is 13.9 Å². The lowest BCUT2D eigenvalue weighted by Gasteiger charge is -2.17. The van der Waals surface area contributed by atoms with Gasteiger partial charge in [0.2, 0.25) is 0 Å². The molecule has 1 amide bonds. The molecule has 2 atom stereocenters. The number of aryl methyl sites for hydroxylation is 2. The van der Waals surface area contributed by atoms with E-state index >= 15 is 0 Å². The molecule has 3 aliphatic rings. The number of fused-ring (bicyclic) bond motifs is 5. The van der Waals surface area contributed by atoms with E-state index in [0.717, 1.165) is 86.1 Å². The van der Waals surface area contributed by atoms with Crippen molar-refractivity contribution in [2.75, 3.05) is 19.0 Å². The summed E-state index contributed by atoms with van der Waals surface area (Å²) in [5.74, 6) is 1.38. The van der Waals surface area contributed by atoms with Crippen LogP contribution < -0.4 is 14.9 Å². The molecule has 4 aromatic heterocycles.